The number of hydrogen-bond donors (Lipinski definition) is 1. The van der Waals surface area contributed by atoms with Gasteiger partial charge >= 0.3 is 0 Å². The van der Waals surface area contributed by atoms with Crippen LogP contribution in [0.5, 0.6) is 0 Å². The highest BCUT2D eigenvalue weighted by molar-refractivity contribution is 5.75. The Kier molecular flexibility index (Phi) is 6.59. The molecule has 0 radical (unpaired) electrons. The maximum absolute atomic E-state index is 11.2. The fourth-order valence-electron chi connectivity index (χ4n) is 1.46. The smallest absolute Gasteiger partial charge is 0.222 e. The predicted molar refractivity (Wildman–Crippen MR) is 55.4 cm³/mol. The topological polar surface area (TPSA) is 46.3 Å². The van der Waals surface area contributed by atoms with Gasteiger partial charge in [-0.2, -0.15) is 0 Å². The van der Waals surface area contributed by atoms with Gasteiger partial charge in [-0.25, -0.2) is 0 Å². The molecule has 1 fully saturated rings. The van der Waals surface area contributed by atoms with Crippen molar-refractivity contribution in [3.05, 3.63) is 0 Å². The Hall–Kier alpha value is -0.570. The monoisotopic (exact) mass is 186 g/mol. The highest BCUT2D eigenvalue weighted by Gasteiger charge is 2.19. The molecule has 1 saturated heterocycles. The van der Waals surface area contributed by atoms with Crippen molar-refractivity contribution in [2.45, 2.75) is 46.1 Å². The highest BCUT2D eigenvalue weighted by Crippen LogP contribution is 2.08. The van der Waals surface area contributed by atoms with Crippen molar-refractivity contribution in [1.82, 2.24) is 4.90 Å². The van der Waals surface area contributed by atoms with Gasteiger partial charge in [0, 0.05) is 25.6 Å². The minimum Gasteiger partial charge on any atom is -0.341 e. The normalized spacial score (nSPS) is 21.8. The average Bonchev–Trinajstić information content (AvgIpc) is 2.20. The van der Waals surface area contributed by atoms with Gasteiger partial charge < -0.3 is 10.6 Å². The van der Waals surface area contributed by atoms with Crippen molar-refractivity contribution in [1.29, 1.82) is 0 Å². The van der Waals surface area contributed by atoms with Gasteiger partial charge in [-0.15, -0.1) is 0 Å². The Labute approximate surface area is 81.3 Å². The molecule has 0 spiro atoms. The predicted octanol–water partition coefficient (Wildman–Crippen LogP) is 1.37. The van der Waals surface area contributed by atoms with Crippen molar-refractivity contribution < 1.29 is 4.79 Å². The molecule has 1 aliphatic heterocycles. The summed E-state index contributed by atoms with van der Waals surface area (Å²) in [5.41, 5.74) is 5.72. The van der Waals surface area contributed by atoms with Crippen LogP contribution in [-0.2, 0) is 4.79 Å². The summed E-state index contributed by atoms with van der Waals surface area (Å²) in [7, 11) is 0. The summed E-state index contributed by atoms with van der Waals surface area (Å²) in [6.45, 7) is 7.55. The second-order valence-corrected chi connectivity index (χ2v) is 3.10. The molecule has 1 unspecified atom stereocenters. The summed E-state index contributed by atoms with van der Waals surface area (Å²) in [4.78, 5) is 13.1. The van der Waals surface area contributed by atoms with Crippen molar-refractivity contribution in [3.8, 4) is 0 Å². The minimum absolute atomic E-state index is 0.208. The summed E-state index contributed by atoms with van der Waals surface area (Å²) in [5.74, 6) is 0.236. The number of piperidine rings is 1. The van der Waals surface area contributed by atoms with E-state index in [0.717, 1.165) is 25.9 Å². The molecular weight excluding hydrogens is 164 g/mol. The fourth-order valence-corrected chi connectivity index (χ4v) is 1.46. The molecule has 3 nitrogen and oxygen atoms in total. The molecule has 1 atom stereocenters. The maximum Gasteiger partial charge on any atom is 0.222 e. The SMILES string of the molecule is CC.CCC(=O)N1CCCC(N)C1. The summed E-state index contributed by atoms with van der Waals surface area (Å²) in [5, 5.41) is 0. The maximum atomic E-state index is 11.2. The van der Waals surface area contributed by atoms with Crippen LogP contribution in [0.4, 0.5) is 0 Å². The first kappa shape index (κ1) is 12.4. The zero-order valence-corrected chi connectivity index (χ0v) is 9.05. The van der Waals surface area contributed by atoms with E-state index in [1.54, 1.807) is 0 Å². The third kappa shape index (κ3) is 4.27. The summed E-state index contributed by atoms with van der Waals surface area (Å²) < 4.78 is 0. The first-order valence-corrected chi connectivity index (χ1v) is 5.27. The Morgan fingerprint density at radius 1 is 1.54 bits per heavy atom. The fraction of sp³-hybridized carbons (Fsp3) is 0.900. The van der Waals surface area contributed by atoms with E-state index in [0.29, 0.717) is 6.42 Å². The summed E-state index contributed by atoms with van der Waals surface area (Å²) in [6.07, 6.45) is 2.73. The molecule has 0 bridgehead atoms. The van der Waals surface area contributed by atoms with Crippen molar-refractivity contribution in [2.75, 3.05) is 13.1 Å². The number of hydrogen-bond acceptors (Lipinski definition) is 2. The van der Waals surface area contributed by atoms with E-state index < -0.39 is 0 Å². The standard InChI is InChI=1S/C8H16N2O.C2H6/c1-2-8(11)10-5-3-4-7(9)6-10;1-2/h7H,2-6,9H2,1H3;1-2H3. The molecule has 0 aliphatic carbocycles. The van der Waals surface area contributed by atoms with Crippen molar-refractivity contribution in [2.24, 2.45) is 5.73 Å². The average molecular weight is 186 g/mol. The van der Waals surface area contributed by atoms with Gasteiger partial charge in [-0.05, 0) is 12.8 Å². The second kappa shape index (κ2) is 6.89. The molecule has 1 heterocycles. The number of carbonyl (C=O) groups is 1. The molecule has 1 amide bonds. The van der Waals surface area contributed by atoms with E-state index >= 15 is 0 Å². The molecule has 0 aromatic rings. The van der Waals surface area contributed by atoms with E-state index in [9.17, 15) is 4.79 Å². The Bertz CT molecular complexity index is 148. The van der Waals surface area contributed by atoms with Crippen LogP contribution >= 0.6 is 0 Å². The number of nitrogens with two attached hydrogens (primary N) is 1. The lowest BCUT2D eigenvalue weighted by molar-refractivity contribution is -0.132. The van der Waals surface area contributed by atoms with Gasteiger partial charge in [0.05, 0.1) is 0 Å². The van der Waals surface area contributed by atoms with Gasteiger partial charge in [0.15, 0.2) is 0 Å². The molecule has 2 N–H and O–H groups in total. The van der Waals surface area contributed by atoms with Crippen LogP contribution in [0.2, 0.25) is 0 Å². The molecule has 0 aromatic heterocycles. The van der Waals surface area contributed by atoms with E-state index in [1.165, 1.54) is 0 Å². The first-order chi connectivity index (χ1) is 6.24. The van der Waals surface area contributed by atoms with Crippen LogP contribution < -0.4 is 5.73 Å². The van der Waals surface area contributed by atoms with Crippen LogP contribution in [0.25, 0.3) is 0 Å². The van der Waals surface area contributed by atoms with Gasteiger partial charge in [0.1, 0.15) is 0 Å². The number of amides is 1. The highest BCUT2D eigenvalue weighted by atomic mass is 16.2. The van der Waals surface area contributed by atoms with Crippen LogP contribution in [0, 0.1) is 0 Å². The lowest BCUT2D eigenvalue weighted by atomic mass is 10.1. The van der Waals surface area contributed by atoms with E-state index in [1.807, 2.05) is 25.7 Å². The number of rotatable bonds is 1. The van der Waals surface area contributed by atoms with Gasteiger partial charge in [0.25, 0.3) is 0 Å². The quantitative estimate of drug-likeness (QED) is 0.672. The third-order valence-corrected chi connectivity index (χ3v) is 2.11. The van der Waals surface area contributed by atoms with E-state index in [-0.39, 0.29) is 11.9 Å². The zero-order valence-electron chi connectivity index (χ0n) is 9.05. The third-order valence-electron chi connectivity index (χ3n) is 2.11. The van der Waals surface area contributed by atoms with E-state index in [2.05, 4.69) is 0 Å². The number of nitrogens with zero attached hydrogens (tertiary/aromatic N) is 1. The van der Waals surface area contributed by atoms with Crippen LogP contribution in [-0.4, -0.2) is 29.9 Å². The first-order valence-electron chi connectivity index (χ1n) is 5.27. The lowest BCUT2D eigenvalue weighted by Gasteiger charge is -2.30. The number of likely N-dealkylation sites (tertiary alicyclic amines) is 1. The zero-order chi connectivity index (χ0) is 10.3. The van der Waals surface area contributed by atoms with Crippen molar-refractivity contribution in [3.63, 3.8) is 0 Å². The minimum atomic E-state index is 0.208. The molecule has 0 aromatic carbocycles. The molecule has 0 saturated carbocycles. The van der Waals surface area contributed by atoms with Crippen LogP contribution in [0.15, 0.2) is 0 Å². The molecule has 3 heteroatoms. The Morgan fingerprint density at radius 2 is 2.15 bits per heavy atom. The molecule has 13 heavy (non-hydrogen) atoms. The molecular formula is C10H22N2O. The van der Waals surface area contributed by atoms with E-state index in [4.69, 9.17) is 5.73 Å². The molecule has 1 aliphatic rings. The largest absolute Gasteiger partial charge is 0.341 e. The van der Waals surface area contributed by atoms with Crippen LogP contribution in [0.1, 0.15) is 40.0 Å². The summed E-state index contributed by atoms with van der Waals surface area (Å²) in [6, 6.07) is 0.208. The van der Waals surface area contributed by atoms with Gasteiger partial charge in [-0.3, -0.25) is 4.79 Å². The molecule has 78 valence electrons. The number of carbonyl (C=O) groups excluding carboxylic acids is 1. The Balaban J connectivity index is 0.000000671. The lowest BCUT2D eigenvalue weighted by Crippen LogP contribution is -2.45. The van der Waals surface area contributed by atoms with Crippen molar-refractivity contribution >= 4 is 5.91 Å². The second-order valence-electron chi connectivity index (χ2n) is 3.10. The van der Waals surface area contributed by atoms with Crippen LogP contribution in [0.3, 0.4) is 0 Å². The summed E-state index contributed by atoms with van der Waals surface area (Å²) >= 11 is 0. The van der Waals surface area contributed by atoms with Gasteiger partial charge in [0.2, 0.25) is 5.91 Å². The molecule has 1 rings (SSSR count). The Morgan fingerprint density at radius 3 is 2.62 bits per heavy atom. The van der Waals surface area contributed by atoms with Gasteiger partial charge in [-0.1, -0.05) is 20.8 Å².